The molecule has 114 valence electrons. The molecule has 1 unspecified atom stereocenters. The highest BCUT2D eigenvalue weighted by Crippen LogP contribution is 2.20. The topological polar surface area (TPSA) is 88.2 Å². The second-order valence-electron chi connectivity index (χ2n) is 5.16. The zero-order chi connectivity index (χ0) is 15.2. The zero-order valence-electron chi connectivity index (χ0n) is 12.2. The number of nitrogens with two attached hydrogens (primary N) is 1. The van der Waals surface area contributed by atoms with E-state index in [2.05, 4.69) is 5.16 Å². The van der Waals surface area contributed by atoms with Gasteiger partial charge < -0.3 is 20.6 Å². The smallest absolute Gasteiger partial charge is 0.226 e. The molecule has 6 heteroatoms. The van der Waals surface area contributed by atoms with E-state index in [1.165, 1.54) is 0 Å². The average molecular weight is 291 g/mol. The summed E-state index contributed by atoms with van der Waals surface area (Å²) in [5.74, 6) is 0.0548. The molecule has 1 fully saturated rings. The first kappa shape index (κ1) is 15.3. The third-order valence-electron chi connectivity index (χ3n) is 3.72. The Bertz CT molecular complexity index is 525. The van der Waals surface area contributed by atoms with E-state index in [-0.39, 0.29) is 17.8 Å². The summed E-state index contributed by atoms with van der Waals surface area (Å²) in [5, 5.41) is 11.7. The van der Waals surface area contributed by atoms with Crippen molar-refractivity contribution in [1.29, 1.82) is 0 Å². The number of oxime groups is 1. The van der Waals surface area contributed by atoms with E-state index in [4.69, 9.17) is 15.7 Å². The molecular formula is C15H21N3O3. The number of hydrogen-bond donors (Lipinski definition) is 2. The van der Waals surface area contributed by atoms with Crippen molar-refractivity contribution in [3.63, 3.8) is 0 Å². The van der Waals surface area contributed by atoms with E-state index in [9.17, 15) is 4.79 Å². The quantitative estimate of drug-likeness (QED) is 0.374. The minimum absolute atomic E-state index is 0.0251. The van der Waals surface area contributed by atoms with Crippen LogP contribution in [0.15, 0.2) is 29.4 Å². The van der Waals surface area contributed by atoms with Crippen LogP contribution in [0.4, 0.5) is 5.69 Å². The highest BCUT2D eigenvalue weighted by Gasteiger charge is 2.19. The fraction of sp³-hybridized carbons (Fsp3) is 0.467. The molecule has 0 aliphatic carbocycles. The summed E-state index contributed by atoms with van der Waals surface area (Å²) in [4.78, 5) is 13.8. The fourth-order valence-corrected chi connectivity index (χ4v) is 2.40. The number of benzene rings is 1. The monoisotopic (exact) mass is 291 g/mol. The van der Waals surface area contributed by atoms with Crippen LogP contribution in [-0.2, 0) is 9.53 Å². The van der Waals surface area contributed by atoms with Gasteiger partial charge >= 0.3 is 0 Å². The Morgan fingerprint density at radius 3 is 3.05 bits per heavy atom. The van der Waals surface area contributed by atoms with Crippen molar-refractivity contribution in [3.8, 4) is 0 Å². The molecule has 1 aromatic carbocycles. The maximum atomic E-state index is 12.2. The highest BCUT2D eigenvalue weighted by molar-refractivity contribution is 5.99. The number of amides is 1. The first-order valence-electron chi connectivity index (χ1n) is 7.08. The van der Waals surface area contributed by atoms with Gasteiger partial charge in [0.2, 0.25) is 5.91 Å². The van der Waals surface area contributed by atoms with E-state index in [1.807, 2.05) is 6.07 Å². The van der Waals surface area contributed by atoms with Crippen molar-refractivity contribution in [2.45, 2.75) is 31.8 Å². The molecule has 6 nitrogen and oxygen atoms in total. The minimum Gasteiger partial charge on any atom is -0.409 e. The molecule has 3 N–H and O–H groups in total. The van der Waals surface area contributed by atoms with Crippen molar-refractivity contribution >= 4 is 17.4 Å². The molecule has 1 heterocycles. The van der Waals surface area contributed by atoms with Crippen LogP contribution in [0.3, 0.4) is 0 Å². The molecule has 1 saturated heterocycles. The van der Waals surface area contributed by atoms with Gasteiger partial charge in [-0.25, -0.2) is 0 Å². The van der Waals surface area contributed by atoms with Crippen LogP contribution in [0, 0.1) is 0 Å². The van der Waals surface area contributed by atoms with Crippen LogP contribution in [0.5, 0.6) is 0 Å². The molecule has 1 atom stereocenters. The number of rotatable bonds is 5. The Labute approximate surface area is 124 Å². The molecule has 0 aromatic heterocycles. The summed E-state index contributed by atoms with van der Waals surface area (Å²) >= 11 is 0. The van der Waals surface area contributed by atoms with E-state index < -0.39 is 0 Å². The second-order valence-corrected chi connectivity index (χ2v) is 5.16. The fourth-order valence-electron chi connectivity index (χ4n) is 2.40. The first-order chi connectivity index (χ1) is 10.1. The standard InChI is InChI=1S/C15H21N3O3/c1-18(14(19)8-7-13-6-3-9-21-13)12-5-2-4-11(10-12)15(16)17-20/h2,4-5,10,13,20H,3,6-9H2,1H3,(H2,16,17). The first-order valence-corrected chi connectivity index (χ1v) is 7.08. The van der Waals surface area contributed by atoms with Crippen LogP contribution >= 0.6 is 0 Å². The number of hydrogen-bond acceptors (Lipinski definition) is 4. The number of carbonyl (C=O) groups excluding carboxylic acids is 1. The summed E-state index contributed by atoms with van der Waals surface area (Å²) in [6.07, 6.45) is 3.54. The van der Waals surface area contributed by atoms with E-state index in [0.717, 1.165) is 31.6 Å². The Morgan fingerprint density at radius 1 is 1.57 bits per heavy atom. The Hall–Kier alpha value is -2.08. The van der Waals surface area contributed by atoms with Gasteiger partial charge in [0.05, 0.1) is 6.10 Å². The van der Waals surface area contributed by atoms with Gasteiger partial charge in [0.1, 0.15) is 0 Å². The molecule has 0 bridgehead atoms. The molecule has 1 aliphatic heterocycles. The Kier molecular flexibility index (Phi) is 5.16. The molecule has 0 radical (unpaired) electrons. The number of ether oxygens (including phenoxy) is 1. The lowest BCUT2D eigenvalue weighted by atomic mass is 10.1. The summed E-state index contributed by atoms with van der Waals surface area (Å²) in [6, 6.07) is 7.03. The van der Waals surface area contributed by atoms with Gasteiger partial charge in [0.25, 0.3) is 0 Å². The second kappa shape index (κ2) is 7.08. The van der Waals surface area contributed by atoms with Crippen molar-refractivity contribution in [3.05, 3.63) is 29.8 Å². The average Bonchev–Trinajstić information content (AvgIpc) is 3.04. The number of amidine groups is 1. The van der Waals surface area contributed by atoms with Gasteiger partial charge in [0.15, 0.2) is 5.84 Å². The third kappa shape index (κ3) is 3.95. The van der Waals surface area contributed by atoms with Crippen LogP contribution in [0.2, 0.25) is 0 Å². The van der Waals surface area contributed by atoms with Gasteiger partial charge in [-0.15, -0.1) is 0 Å². The van der Waals surface area contributed by atoms with Gasteiger partial charge in [-0.3, -0.25) is 4.79 Å². The molecule has 21 heavy (non-hydrogen) atoms. The van der Waals surface area contributed by atoms with E-state index in [0.29, 0.717) is 12.0 Å². The predicted octanol–water partition coefficient (Wildman–Crippen LogP) is 1.70. The lowest BCUT2D eigenvalue weighted by Gasteiger charge is -2.19. The number of anilines is 1. The molecule has 2 rings (SSSR count). The van der Waals surface area contributed by atoms with E-state index >= 15 is 0 Å². The lowest BCUT2D eigenvalue weighted by molar-refractivity contribution is -0.118. The number of nitrogens with zero attached hydrogens (tertiary/aromatic N) is 2. The Morgan fingerprint density at radius 2 is 2.38 bits per heavy atom. The van der Waals surface area contributed by atoms with Crippen molar-refractivity contribution < 1.29 is 14.7 Å². The molecule has 1 aliphatic rings. The minimum atomic E-state index is 0.0251. The molecule has 1 aromatic rings. The maximum Gasteiger partial charge on any atom is 0.226 e. The van der Waals surface area contributed by atoms with Gasteiger partial charge in [-0.05, 0) is 31.4 Å². The predicted molar refractivity (Wildman–Crippen MR) is 80.6 cm³/mol. The number of carbonyl (C=O) groups is 1. The van der Waals surface area contributed by atoms with Crippen molar-refractivity contribution in [2.24, 2.45) is 10.9 Å². The van der Waals surface area contributed by atoms with Gasteiger partial charge in [-0.1, -0.05) is 17.3 Å². The molecular weight excluding hydrogens is 270 g/mol. The Balaban J connectivity index is 1.98. The molecule has 0 saturated carbocycles. The van der Waals surface area contributed by atoms with Crippen LogP contribution in [0.25, 0.3) is 0 Å². The SMILES string of the molecule is CN(C(=O)CCC1CCCO1)c1cccc(C(N)=NO)c1. The molecule has 1 amide bonds. The largest absolute Gasteiger partial charge is 0.409 e. The van der Waals surface area contributed by atoms with Gasteiger partial charge in [0, 0.05) is 31.3 Å². The zero-order valence-corrected chi connectivity index (χ0v) is 12.2. The lowest BCUT2D eigenvalue weighted by Crippen LogP contribution is -2.27. The maximum absolute atomic E-state index is 12.2. The van der Waals surface area contributed by atoms with Gasteiger partial charge in [-0.2, -0.15) is 0 Å². The summed E-state index contributed by atoms with van der Waals surface area (Å²) < 4.78 is 5.52. The third-order valence-corrected chi connectivity index (χ3v) is 3.72. The van der Waals surface area contributed by atoms with Crippen LogP contribution < -0.4 is 10.6 Å². The molecule has 0 spiro atoms. The van der Waals surface area contributed by atoms with Crippen LogP contribution in [-0.4, -0.2) is 36.7 Å². The van der Waals surface area contributed by atoms with Crippen molar-refractivity contribution in [1.82, 2.24) is 0 Å². The normalized spacial score (nSPS) is 18.7. The van der Waals surface area contributed by atoms with E-state index in [1.54, 1.807) is 30.1 Å². The highest BCUT2D eigenvalue weighted by atomic mass is 16.5. The van der Waals surface area contributed by atoms with Crippen LogP contribution in [0.1, 0.15) is 31.2 Å². The van der Waals surface area contributed by atoms with Crippen molar-refractivity contribution in [2.75, 3.05) is 18.6 Å². The summed E-state index contributed by atoms with van der Waals surface area (Å²) in [5.41, 5.74) is 6.86. The summed E-state index contributed by atoms with van der Waals surface area (Å²) in [7, 11) is 1.73. The summed E-state index contributed by atoms with van der Waals surface area (Å²) in [6.45, 7) is 0.802.